The number of fused-ring (bicyclic) bond motifs is 1. The molecule has 0 bridgehead atoms. The lowest BCUT2D eigenvalue weighted by molar-refractivity contribution is 0.0949. The summed E-state index contributed by atoms with van der Waals surface area (Å²) in [5.41, 5.74) is 2.73. The number of nitrogens with zero attached hydrogens (tertiary/aromatic N) is 2. The zero-order valence-corrected chi connectivity index (χ0v) is 18.3. The van der Waals surface area contributed by atoms with Gasteiger partial charge in [-0.1, -0.05) is 36.4 Å². The van der Waals surface area contributed by atoms with E-state index in [1.165, 1.54) is 12.1 Å². The molecule has 0 saturated heterocycles. The predicted octanol–water partition coefficient (Wildman–Crippen LogP) is 2.94. The van der Waals surface area contributed by atoms with Crippen LogP contribution in [0.1, 0.15) is 45.8 Å². The molecule has 162 valence electrons. The minimum atomic E-state index is -3.75. The molecule has 8 heteroatoms. The van der Waals surface area contributed by atoms with Crippen LogP contribution in [0.5, 0.6) is 0 Å². The summed E-state index contributed by atoms with van der Waals surface area (Å²) in [5, 5.41) is 2.87. The Labute approximate surface area is 182 Å². The Kier molecular flexibility index (Phi) is 6.20. The van der Waals surface area contributed by atoms with Gasteiger partial charge in [-0.25, -0.2) is 18.1 Å². The molecule has 0 atom stereocenters. The highest BCUT2D eigenvalue weighted by atomic mass is 32.2. The molecule has 0 spiro atoms. The van der Waals surface area contributed by atoms with Crippen LogP contribution in [0.4, 0.5) is 0 Å². The third-order valence-electron chi connectivity index (χ3n) is 5.46. The highest BCUT2D eigenvalue weighted by Gasteiger charge is 2.19. The second-order valence-electron chi connectivity index (χ2n) is 7.77. The lowest BCUT2D eigenvalue weighted by Crippen LogP contribution is -2.26. The van der Waals surface area contributed by atoms with Gasteiger partial charge in [0.1, 0.15) is 5.82 Å². The smallest absolute Gasteiger partial charge is 0.251 e. The molecule has 31 heavy (non-hydrogen) atoms. The van der Waals surface area contributed by atoms with Crippen molar-refractivity contribution in [3.05, 3.63) is 82.9 Å². The summed E-state index contributed by atoms with van der Waals surface area (Å²) in [5.74, 6) is 0.743. The number of nitrogens with one attached hydrogen (secondary N) is 2. The van der Waals surface area contributed by atoms with E-state index in [9.17, 15) is 13.2 Å². The largest absolute Gasteiger partial charge is 0.346 e. The first-order chi connectivity index (χ1) is 14.9. The molecule has 2 N–H and O–H groups in total. The molecule has 3 aromatic rings. The predicted molar refractivity (Wildman–Crippen MR) is 118 cm³/mol. The zero-order valence-electron chi connectivity index (χ0n) is 17.5. The first-order valence-electron chi connectivity index (χ1n) is 10.4. The molecule has 0 saturated carbocycles. The fourth-order valence-electron chi connectivity index (χ4n) is 3.69. The highest BCUT2D eigenvalue weighted by molar-refractivity contribution is 7.89. The molecule has 1 aliphatic rings. The van der Waals surface area contributed by atoms with E-state index in [-0.39, 0.29) is 17.3 Å². The molecule has 2 aromatic carbocycles. The lowest BCUT2D eigenvalue weighted by Gasteiger charge is -2.11. The van der Waals surface area contributed by atoms with Crippen molar-refractivity contribution in [3.63, 3.8) is 0 Å². The highest BCUT2D eigenvalue weighted by Crippen LogP contribution is 2.17. The van der Waals surface area contributed by atoms with E-state index in [1.54, 1.807) is 13.0 Å². The second-order valence-corrected chi connectivity index (χ2v) is 9.54. The first-order valence-corrected chi connectivity index (χ1v) is 11.9. The Morgan fingerprint density at radius 3 is 2.68 bits per heavy atom. The van der Waals surface area contributed by atoms with Gasteiger partial charge in [0.15, 0.2) is 0 Å². The van der Waals surface area contributed by atoms with Gasteiger partial charge in [-0.05, 0) is 43.0 Å². The van der Waals surface area contributed by atoms with Gasteiger partial charge in [0, 0.05) is 31.3 Å². The van der Waals surface area contributed by atoms with Crippen LogP contribution in [0.2, 0.25) is 0 Å². The number of carbonyl (C=O) groups is 1. The molecule has 0 radical (unpaired) electrons. The molecule has 0 fully saturated rings. The Bertz CT molecular complexity index is 1160. The number of imidazole rings is 1. The Morgan fingerprint density at radius 2 is 1.90 bits per heavy atom. The van der Waals surface area contributed by atoms with Crippen LogP contribution in [-0.2, 0) is 36.1 Å². The van der Waals surface area contributed by atoms with E-state index >= 15 is 0 Å². The van der Waals surface area contributed by atoms with E-state index in [0.717, 1.165) is 42.9 Å². The standard InChI is InChI=1S/C23H26N4O3S/c1-17-10-11-20(31(29,30)25-14-18-7-3-2-4-8-18)13-21(17)23(28)24-15-19-16-27-12-6-5-9-22(27)26-19/h2-4,7-8,10-11,13,16,25H,5-6,9,12,14-15H2,1H3,(H,24,28). The molecule has 0 aliphatic carbocycles. The molecule has 2 heterocycles. The SMILES string of the molecule is Cc1ccc(S(=O)(=O)NCc2ccccc2)cc1C(=O)NCc1cn2c(n1)CCCC2. The topological polar surface area (TPSA) is 93.1 Å². The summed E-state index contributed by atoms with van der Waals surface area (Å²) in [7, 11) is -3.75. The van der Waals surface area contributed by atoms with E-state index in [1.807, 2.05) is 36.5 Å². The average molecular weight is 439 g/mol. The van der Waals surface area contributed by atoms with Crippen molar-refractivity contribution in [3.8, 4) is 0 Å². The van der Waals surface area contributed by atoms with E-state index in [0.29, 0.717) is 17.7 Å². The number of aryl methyl sites for hydroxylation is 3. The zero-order chi connectivity index (χ0) is 21.8. The summed E-state index contributed by atoms with van der Waals surface area (Å²) >= 11 is 0. The number of amides is 1. The molecule has 1 aromatic heterocycles. The quantitative estimate of drug-likeness (QED) is 0.593. The summed E-state index contributed by atoms with van der Waals surface area (Å²) < 4.78 is 30.2. The van der Waals surface area contributed by atoms with Gasteiger partial charge >= 0.3 is 0 Å². The minimum absolute atomic E-state index is 0.0663. The van der Waals surface area contributed by atoms with Gasteiger partial charge in [0.05, 0.1) is 17.1 Å². The van der Waals surface area contributed by atoms with Gasteiger partial charge in [-0.3, -0.25) is 4.79 Å². The molecular weight excluding hydrogens is 412 g/mol. The van der Waals surface area contributed by atoms with Gasteiger partial charge in [0.2, 0.25) is 10.0 Å². The maximum absolute atomic E-state index is 12.8. The van der Waals surface area contributed by atoms with Crippen molar-refractivity contribution < 1.29 is 13.2 Å². The van der Waals surface area contributed by atoms with Crippen LogP contribution in [0, 0.1) is 6.92 Å². The lowest BCUT2D eigenvalue weighted by atomic mass is 10.1. The van der Waals surface area contributed by atoms with E-state index < -0.39 is 10.0 Å². The molecule has 1 aliphatic heterocycles. The van der Waals surface area contributed by atoms with Gasteiger partial charge in [-0.2, -0.15) is 0 Å². The first kappa shape index (κ1) is 21.3. The van der Waals surface area contributed by atoms with Crippen LogP contribution < -0.4 is 10.0 Å². The van der Waals surface area contributed by atoms with Crippen LogP contribution in [-0.4, -0.2) is 23.9 Å². The summed E-state index contributed by atoms with van der Waals surface area (Å²) in [6, 6.07) is 13.9. The molecular formula is C23H26N4O3S. The Hall–Kier alpha value is -2.97. The number of carbonyl (C=O) groups excluding carboxylic acids is 1. The third-order valence-corrected chi connectivity index (χ3v) is 6.86. The van der Waals surface area contributed by atoms with Crippen LogP contribution in [0.3, 0.4) is 0 Å². The third kappa shape index (κ3) is 5.03. The van der Waals surface area contributed by atoms with Crippen molar-refractivity contribution in [2.75, 3.05) is 0 Å². The number of hydrogen-bond acceptors (Lipinski definition) is 4. The van der Waals surface area contributed by atoms with Crippen LogP contribution >= 0.6 is 0 Å². The van der Waals surface area contributed by atoms with Crippen molar-refractivity contribution in [1.82, 2.24) is 19.6 Å². The Morgan fingerprint density at radius 1 is 1.10 bits per heavy atom. The van der Waals surface area contributed by atoms with Crippen molar-refractivity contribution >= 4 is 15.9 Å². The maximum atomic E-state index is 12.8. The normalized spacial score (nSPS) is 13.6. The van der Waals surface area contributed by atoms with E-state index in [2.05, 4.69) is 19.6 Å². The minimum Gasteiger partial charge on any atom is -0.346 e. The van der Waals surface area contributed by atoms with Gasteiger partial charge < -0.3 is 9.88 Å². The van der Waals surface area contributed by atoms with Crippen molar-refractivity contribution in [1.29, 1.82) is 0 Å². The molecule has 1 amide bonds. The van der Waals surface area contributed by atoms with Crippen molar-refractivity contribution in [2.24, 2.45) is 0 Å². The van der Waals surface area contributed by atoms with Gasteiger partial charge in [-0.15, -0.1) is 0 Å². The Balaban J connectivity index is 1.45. The fraction of sp³-hybridized carbons (Fsp3) is 0.304. The number of rotatable bonds is 7. The number of hydrogen-bond donors (Lipinski definition) is 2. The van der Waals surface area contributed by atoms with Crippen LogP contribution in [0.25, 0.3) is 0 Å². The summed E-state index contributed by atoms with van der Waals surface area (Å²) in [6.07, 6.45) is 5.23. The summed E-state index contributed by atoms with van der Waals surface area (Å²) in [6.45, 7) is 3.24. The monoisotopic (exact) mass is 438 g/mol. The van der Waals surface area contributed by atoms with Gasteiger partial charge in [0.25, 0.3) is 5.91 Å². The molecule has 0 unspecified atom stereocenters. The number of sulfonamides is 1. The fourth-order valence-corrected chi connectivity index (χ4v) is 4.74. The maximum Gasteiger partial charge on any atom is 0.251 e. The number of benzene rings is 2. The molecule has 4 rings (SSSR count). The molecule has 7 nitrogen and oxygen atoms in total. The second kappa shape index (κ2) is 9.03. The van der Waals surface area contributed by atoms with Crippen molar-refractivity contribution in [2.45, 2.75) is 50.7 Å². The van der Waals surface area contributed by atoms with E-state index in [4.69, 9.17) is 0 Å². The average Bonchev–Trinajstić information content (AvgIpc) is 3.20. The van der Waals surface area contributed by atoms with Crippen LogP contribution in [0.15, 0.2) is 59.6 Å². The summed E-state index contributed by atoms with van der Waals surface area (Å²) in [4.78, 5) is 17.4. The number of aromatic nitrogens is 2.